The highest BCUT2D eigenvalue weighted by Gasteiger charge is 2.38. The molecule has 0 spiro atoms. The van der Waals surface area contributed by atoms with Crippen molar-refractivity contribution in [2.75, 3.05) is 20.8 Å². The summed E-state index contributed by atoms with van der Waals surface area (Å²) in [7, 11) is -1.19. The van der Waals surface area contributed by atoms with Gasteiger partial charge >= 0.3 is 13.6 Å². The zero-order valence-corrected chi connectivity index (χ0v) is 16.1. The van der Waals surface area contributed by atoms with Gasteiger partial charge in [-0.2, -0.15) is 0 Å². The minimum absolute atomic E-state index is 0.0535. The number of hydrogen-bond donors (Lipinski definition) is 0. The summed E-state index contributed by atoms with van der Waals surface area (Å²) in [4.78, 5) is 12.2. The third-order valence-electron chi connectivity index (χ3n) is 3.73. The Labute approximate surface area is 157 Å². The molecule has 0 radical (unpaired) electrons. The summed E-state index contributed by atoms with van der Waals surface area (Å²) >= 11 is 0. The van der Waals surface area contributed by atoms with E-state index in [0.29, 0.717) is 17.7 Å². The molecule has 0 saturated heterocycles. The Bertz CT molecular complexity index is 758. The molecule has 0 heterocycles. The van der Waals surface area contributed by atoms with Gasteiger partial charge in [0.25, 0.3) is 0 Å². The summed E-state index contributed by atoms with van der Waals surface area (Å²) in [6.07, 6.45) is 0.430. The molecule has 2 aromatic rings. The number of rotatable bonds is 10. The zero-order valence-electron chi connectivity index (χ0n) is 15.2. The monoisotopic (exact) mass is 396 g/mol. The number of hydrogen-bond acceptors (Lipinski definition) is 6. The molecule has 146 valence electrons. The lowest BCUT2D eigenvalue weighted by molar-refractivity contribution is -0.146. The van der Waals surface area contributed by atoms with Crippen molar-refractivity contribution >= 4 is 13.6 Å². The lowest BCUT2D eigenvalue weighted by atomic mass is 10.2. The molecule has 0 aliphatic carbocycles. The van der Waals surface area contributed by atoms with Crippen molar-refractivity contribution in [2.45, 2.75) is 18.7 Å². The van der Waals surface area contributed by atoms with Gasteiger partial charge in [-0.1, -0.05) is 30.3 Å². The van der Waals surface area contributed by atoms with Gasteiger partial charge in [0.05, 0.1) is 6.61 Å². The van der Waals surface area contributed by atoms with E-state index in [1.807, 2.05) is 0 Å². The first kappa shape index (κ1) is 21.1. The second-order valence-electron chi connectivity index (χ2n) is 5.56. The predicted molar refractivity (Wildman–Crippen MR) is 98.0 cm³/mol. The van der Waals surface area contributed by atoms with E-state index in [-0.39, 0.29) is 18.8 Å². The van der Waals surface area contributed by atoms with Gasteiger partial charge in [0.2, 0.25) is 5.85 Å². The van der Waals surface area contributed by atoms with Gasteiger partial charge in [0.1, 0.15) is 11.6 Å². The lowest BCUT2D eigenvalue weighted by Crippen LogP contribution is -2.14. The van der Waals surface area contributed by atoms with Crippen molar-refractivity contribution in [3.63, 3.8) is 0 Å². The zero-order chi connectivity index (χ0) is 19.7. The van der Waals surface area contributed by atoms with Gasteiger partial charge in [0.15, 0.2) is 0 Å². The fraction of sp³-hybridized carbons (Fsp3) is 0.316. The average molecular weight is 396 g/mol. The lowest BCUT2D eigenvalue weighted by Gasteiger charge is -2.24. The van der Waals surface area contributed by atoms with Gasteiger partial charge in [0, 0.05) is 26.2 Å². The molecule has 0 aromatic heterocycles. The van der Waals surface area contributed by atoms with Crippen LogP contribution in [0.3, 0.4) is 0 Å². The summed E-state index contributed by atoms with van der Waals surface area (Å²) in [6.45, 7) is 0.253. The van der Waals surface area contributed by atoms with E-state index >= 15 is 0 Å². The molecular weight excluding hydrogens is 374 g/mol. The van der Waals surface area contributed by atoms with Gasteiger partial charge < -0.3 is 18.5 Å². The molecule has 0 amide bonds. The van der Waals surface area contributed by atoms with Crippen LogP contribution in [0.4, 0.5) is 4.39 Å². The maximum atomic E-state index is 12.8. The Morgan fingerprint density at radius 2 is 1.67 bits per heavy atom. The highest BCUT2D eigenvalue weighted by atomic mass is 31.2. The van der Waals surface area contributed by atoms with Gasteiger partial charge in [-0.05, 0) is 30.7 Å². The highest BCUT2D eigenvalue weighted by Crippen LogP contribution is 2.60. The van der Waals surface area contributed by atoms with Crippen LogP contribution in [0.1, 0.15) is 24.3 Å². The summed E-state index contributed by atoms with van der Waals surface area (Å²) in [5, 5.41) is 0. The minimum Gasteiger partial charge on any atom is -0.494 e. The van der Waals surface area contributed by atoms with Crippen LogP contribution in [0.2, 0.25) is 0 Å². The molecule has 1 atom stereocenters. The van der Waals surface area contributed by atoms with Crippen LogP contribution < -0.4 is 4.74 Å². The van der Waals surface area contributed by atoms with Crippen LogP contribution in [-0.4, -0.2) is 26.8 Å². The standard InChI is InChI=1S/C19H22FO6P/c1-23-27(22,24-2)19(15-7-4-3-5-8-15)26-18(21)9-6-14-25-17-12-10-16(20)11-13-17/h3-5,7-8,10-13,19H,6,9,14H2,1-2H3. The molecule has 0 aliphatic rings. The van der Waals surface area contributed by atoms with E-state index in [9.17, 15) is 13.8 Å². The molecule has 0 fully saturated rings. The molecule has 2 aromatic carbocycles. The number of carbonyl (C=O) groups excluding carboxylic acids is 1. The van der Waals surface area contributed by atoms with Crippen LogP contribution in [0, 0.1) is 5.82 Å². The van der Waals surface area contributed by atoms with E-state index in [0.717, 1.165) is 0 Å². The number of carbonyl (C=O) groups is 1. The van der Waals surface area contributed by atoms with E-state index in [1.54, 1.807) is 30.3 Å². The number of esters is 1. The Kier molecular flexibility index (Phi) is 7.98. The van der Waals surface area contributed by atoms with Crippen molar-refractivity contribution in [1.29, 1.82) is 0 Å². The van der Waals surface area contributed by atoms with Crippen LogP contribution in [0.25, 0.3) is 0 Å². The fourth-order valence-corrected chi connectivity index (χ4v) is 3.64. The van der Waals surface area contributed by atoms with E-state index in [4.69, 9.17) is 18.5 Å². The molecular formula is C19H22FO6P. The Balaban J connectivity index is 1.91. The highest BCUT2D eigenvalue weighted by molar-refractivity contribution is 7.54. The molecule has 6 nitrogen and oxygen atoms in total. The summed E-state index contributed by atoms with van der Waals surface area (Å²) in [5.74, 6) is -1.55. The van der Waals surface area contributed by atoms with Gasteiger partial charge in [-0.3, -0.25) is 9.36 Å². The maximum absolute atomic E-state index is 12.8. The Morgan fingerprint density at radius 1 is 1.04 bits per heavy atom. The molecule has 0 N–H and O–H groups in total. The SMILES string of the molecule is COP(=O)(OC)C(OC(=O)CCCOc1ccc(F)cc1)c1ccccc1. The molecule has 8 heteroatoms. The summed E-state index contributed by atoms with van der Waals surface area (Å²) in [5.41, 5.74) is 0.514. The largest absolute Gasteiger partial charge is 0.494 e. The average Bonchev–Trinajstić information content (AvgIpc) is 2.71. The number of halogens is 1. The molecule has 0 aliphatic heterocycles. The Hall–Kier alpha value is -2.21. The smallest absolute Gasteiger partial charge is 0.375 e. The summed E-state index contributed by atoms with van der Waals surface area (Å²) in [6, 6.07) is 14.2. The van der Waals surface area contributed by atoms with Crippen LogP contribution in [0.15, 0.2) is 54.6 Å². The molecule has 0 saturated carbocycles. The second kappa shape index (κ2) is 10.2. The van der Waals surface area contributed by atoms with E-state index in [2.05, 4.69) is 0 Å². The van der Waals surface area contributed by atoms with E-state index < -0.39 is 19.4 Å². The number of benzene rings is 2. The number of ether oxygens (including phenoxy) is 2. The Morgan fingerprint density at radius 3 is 2.26 bits per heavy atom. The molecule has 27 heavy (non-hydrogen) atoms. The third-order valence-corrected chi connectivity index (χ3v) is 5.73. The third kappa shape index (κ3) is 6.17. The molecule has 0 bridgehead atoms. The predicted octanol–water partition coefficient (Wildman–Crippen LogP) is 4.71. The van der Waals surface area contributed by atoms with Gasteiger partial charge in [-0.15, -0.1) is 0 Å². The van der Waals surface area contributed by atoms with Crippen LogP contribution in [0.5, 0.6) is 5.75 Å². The topological polar surface area (TPSA) is 71.1 Å². The van der Waals surface area contributed by atoms with Crippen LogP contribution >= 0.6 is 7.60 Å². The first-order chi connectivity index (χ1) is 13.0. The maximum Gasteiger partial charge on any atom is 0.375 e. The minimum atomic E-state index is -3.67. The van der Waals surface area contributed by atoms with Gasteiger partial charge in [-0.25, -0.2) is 4.39 Å². The first-order valence-electron chi connectivity index (χ1n) is 8.32. The normalized spacial score (nSPS) is 12.4. The van der Waals surface area contributed by atoms with Crippen molar-refractivity contribution in [2.24, 2.45) is 0 Å². The molecule has 1 unspecified atom stereocenters. The summed E-state index contributed by atoms with van der Waals surface area (Å²) < 4.78 is 46.4. The second-order valence-corrected chi connectivity index (χ2v) is 7.84. The van der Waals surface area contributed by atoms with Crippen molar-refractivity contribution < 1.29 is 32.3 Å². The van der Waals surface area contributed by atoms with Crippen molar-refractivity contribution in [3.8, 4) is 5.75 Å². The molecule has 2 rings (SSSR count). The fourth-order valence-electron chi connectivity index (χ4n) is 2.32. The van der Waals surface area contributed by atoms with Crippen LogP contribution in [-0.2, 0) is 23.1 Å². The van der Waals surface area contributed by atoms with Crippen molar-refractivity contribution in [1.82, 2.24) is 0 Å². The quantitative estimate of drug-likeness (QED) is 0.329. The van der Waals surface area contributed by atoms with E-state index in [1.165, 1.54) is 38.5 Å². The van der Waals surface area contributed by atoms with Crippen molar-refractivity contribution in [3.05, 3.63) is 66.0 Å². The first-order valence-corrected chi connectivity index (χ1v) is 9.93.